The zero-order valence-corrected chi connectivity index (χ0v) is 24.5. The number of fused-ring (bicyclic) bond motifs is 6. The third-order valence-corrected chi connectivity index (χ3v) is 6.77. The summed E-state index contributed by atoms with van der Waals surface area (Å²) in [5.74, 6) is 0. The third-order valence-electron chi connectivity index (χ3n) is 6.77. The largest absolute Gasteiger partial charge is 0.486 e. The number of furan rings is 2. The second kappa shape index (κ2) is 11.6. The summed E-state index contributed by atoms with van der Waals surface area (Å²) >= 11 is 0. The van der Waals surface area contributed by atoms with E-state index in [4.69, 9.17) is 25.3 Å². The van der Waals surface area contributed by atoms with E-state index in [-0.39, 0.29) is 48.1 Å². The summed E-state index contributed by atoms with van der Waals surface area (Å²) in [6, 6.07) is 27.8. The summed E-state index contributed by atoms with van der Waals surface area (Å²) < 4.78 is 102. The van der Waals surface area contributed by atoms with Crippen LogP contribution in [-0.4, -0.2) is 15.0 Å². The van der Waals surface area contributed by atoms with E-state index in [9.17, 15) is 0 Å². The van der Waals surface area contributed by atoms with E-state index in [1.54, 1.807) is 18.2 Å². The monoisotopic (exact) mass is 750 g/mol. The normalized spacial score (nSPS) is 16.4. The maximum atomic E-state index is 7.84. The van der Waals surface area contributed by atoms with Crippen LogP contribution in [0.15, 0.2) is 100 Å². The van der Waals surface area contributed by atoms with Gasteiger partial charge in [-0.05, 0) is 61.3 Å². The molecule has 0 amide bonds. The molecule has 0 atom stereocenters. The fourth-order valence-corrected chi connectivity index (χ4v) is 4.71. The van der Waals surface area contributed by atoms with E-state index in [1.807, 2.05) is 36.4 Å². The van der Waals surface area contributed by atoms with Crippen LogP contribution in [0.25, 0.3) is 66.7 Å². The third kappa shape index (κ3) is 5.36. The summed E-state index contributed by atoms with van der Waals surface area (Å²) in [4.78, 5) is 13.0. The Balaban J connectivity index is 0.000000211. The molecule has 0 unspecified atom stereocenters. The van der Waals surface area contributed by atoms with Crippen molar-refractivity contribution in [3.05, 3.63) is 126 Å². The smallest absolute Gasteiger partial charge is 0.216 e. The summed E-state index contributed by atoms with van der Waals surface area (Å²) in [6.07, 6.45) is 2.39. The van der Waals surface area contributed by atoms with E-state index >= 15 is 0 Å². The van der Waals surface area contributed by atoms with Crippen molar-refractivity contribution < 1.29 is 45.4 Å². The van der Waals surface area contributed by atoms with E-state index in [1.165, 1.54) is 30.5 Å². The van der Waals surface area contributed by atoms with Crippen molar-refractivity contribution >= 4 is 44.1 Å². The molecule has 43 heavy (non-hydrogen) atoms. The topological polar surface area (TPSA) is 65.0 Å². The number of aryl methyl sites for hydroxylation is 4. The van der Waals surface area contributed by atoms with Crippen molar-refractivity contribution in [3.63, 3.8) is 0 Å². The Bertz CT molecular complexity index is 2600. The van der Waals surface area contributed by atoms with Crippen molar-refractivity contribution in [3.8, 4) is 22.5 Å². The van der Waals surface area contributed by atoms with E-state index < -0.39 is 27.4 Å². The Hall–Kier alpha value is -4.64. The van der Waals surface area contributed by atoms with Crippen LogP contribution in [0.2, 0.25) is 0 Å². The number of pyridine rings is 3. The van der Waals surface area contributed by atoms with Gasteiger partial charge in [0.15, 0.2) is 5.58 Å². The van der Waals surface area contributed by atoms with Crippen molar-refractivity contribution in [2.24, 2.45) is 0 Å². The summed E-state index contributed by atoms with van der Waals surface area (Å²) in [7, 11) is 0. The molecule has 6 heteroatoms. The maximum Gasteiger partial charge on any atom is 0.216 e. The zero-order chi connectivity index (χ0) is 38.8. The summed E-state index contributed by atoms with van der Waals surface area (Å²) in [5, 5.41) is 2.33. The average molecular weight is 750 g/mol. The molecule has 0 fully saturated rings. The minimum Gasteiger partial charge on any atom is -0.486 e. The van der Waals surface area contributed by atoms with Crippen LogP contribution in [0, 0.1) is 39.5 Å². The molecule has 5 aromatic heterocycles. The minimum absolute atomic E-state index is 0. The maximum absolute atomic E-state index is 7.84. The molecule has 0 aliphatic heterocycles. The SMILES string of the molecule is [2H]C([2H])([2H])c1c[c-]c(-c2ccc(C([2H])([2H])[2H])cn2)cc1.[2H]C([2H])([2H])c1cnc(-c2[c-]ccc3c2oc2nc4c(cc23)oc2ccccc24)cc1C([2H])([2H])[2H].[Ir]. The summed E-state index contributed by atoms with van der Waals surface area (Å²) in [6.45, 7) is -9.57. The van der Waals surface area contributed by atoms with Crippen molar-refractivity contribution in [1.82, 2.24) is 15.0 Å². The number of benzene rings is 3. The molecule has 0 saturated carbocycles. The van der Waals surface area contributed by atoms with Gasteiger partial charge >= 0.3 is 0 Å². The minimum atomic E-state index is -2.63. The zero-order valence-electron chi connectivity index (χ0n) is 34.2. The van der Waals surface area contributed by atoms with Crippen LogP contribution in [-0.2, 0) is 20.1 Å². The van der Waals surface area contributed by atoms with Crippen LogP contribution >= 0.6 is 0 Å². The van der Waals surface area contributed by atoms with Gasteiger partial charge in [0.2, 0.25) is 5.71 Å². The van der Waals surface area contributed by atoms with Gasteiger partial charge < -0.3 is 18.8 Å². The average Bonchev–Trinajstić information content (AvgIpc) is 3.66. The van der Waals surface area contributed by atoms with Crippen LogP contribution in [0.1, 0.15) is 38.7 Å². The molecule has 3 aromatic carbocycles. The summed E-state index contributed by atoms with van der Waals surface area (Å²) in [5.41, 5.74) is 4.48. The Morgan fingerprint density at radius 3 is 2.35 bits per heavy atom. The van der Waals surface area contributed by atoms with Crippen LogP contribution in [0.3, 0.4) is 0 Å². The van der Waals surface area contributed by atoms with E-state index in [0.717, 1.165) is 27.9 Å². The molecule has 0 N–H and O–H groups in total. The predicted octanol–water partition coefficient (Wildman–Crippen LogP) is 9.52. The molecule has 1 radical (unpaired) electrons. The van der Waals surface area contributed by atoms with Gasteiger partial charge in [0, 0.05) is 59.7 Å². The fraction of sp³-hybridized carbons (Fsp3) is 0.108. The second-order valence-corrected chi connectivity index (χ2v) is 9.52. The molecule has 8 aromatic rings. The molecule has 5 nitrogen and oxygen atoms in total. The van der Waals surface area contributed by atoms with Gasteiger partial charge in [-0.3, -0.25) is 0 Å². The number of para-hydroxylation sites is 1. The van der Waals surface area contributed by atoms with Crippen LogP contribution in [0.4, 0.5) is 0 Å². The standard InChI is InChI=1S/C24H15N2O2.C13H12N.Ir/c1-13-10-19(25-12-14(13)2)16-8-5-7-15-18-11-21-22(26-24(18)28-23(15)16)17-6-3-4-9-20(17)27-21;1-10-3-6-12(7-4-10)13-8-5-11(2)9-14-13;/h3-7,9-12H,1-2H3;3-6,8-9H,1-2H3;/q2*-1;/i2*1D3,2D3;. The van der Waals surface area contributed by atoms with Crippen LogP contribution in [0.5, 0.6) is 0 Å². The Kier molecular flexibility index (Phi) is 4.70. The van der Waals surface area contributed by atoms with Gasteiger partial charge in [0.05, 0.1) is 5.58 Å². The Morgan fingerprint density at radius 2 is 1.56 bits per heavy atom. The molecule has 0 bridgehead atoms. The van der Waals surface area contributed by atoms with E-state index in [2.05, 4.69) is 27.1 Å². The second-order valence-electron chi connectivity index (χ2n) is 9.52. The molecular formula is C37H27IrN3O2-2. The first-order valence-corrected chi connectivity index (χ1v) is 12.8. The van der Waals surface area contributed by atoms with Gasteiger partial charge in [-0.25, -0.2) is 4.98 Å². The first kappa shape index (κ1) is 17.5. The molecule has 8 rings (SSSR count). The van der Waals surface area contributed by atoms with E-state index in [0.29, 0.717) is 39.2 Å². The number of hydrogen-bond donors (Lipinski definition) is 0. The van der Waals surface area contributed by atoms with Gasteiger partial charge in [0.1, 0.15) is 11.1 Å². The number of nitrogens with zero attached hydrogens (tertiary/aromatic N) is 3. The molecule has 0 spiro atoms. The van der Waals surface area contributed by atoms with Gasteiger partial charge in [0.25, 0.3) is 0 Å². The number of rotatable bonds is 2. The Labute approximate surface area is 279 Å². The number of aromatic nitrogens is 3. The molecule has 5 heterocycles. The first-order chi connectivity index (χ1) is 25.3. The molecule has 0 aliphatic rings. The van der Waals surface area contributed by atoms with Gasteiger partial charge in [-0.15, -0.1) is 53.6 Å². The van der Waals surface area contributed by atoms with Gasteiger partial charge in [-0.1, -0.05) is 53.7 Å². The first-order valence-electron chi connectivity index (χ1n) is 18.8. The molecule has 0 saturated heterocycles. The van der Waals surface area contributed by atoms with Crippen LogP contribution < -0.4 is 0 Å². The van der Waals surface area contributed by atoms with Crippen molar-refractivity contribution in [2.75, 3.05) is 0 Å². The molecule has 213 valence electrons. The van der Waals surface area contributed by atoms with Crippen molar-refractivity contribution in [1.29, 1.82) is 0 Å². The Morgan fingerprint density at radius 1 is 0.698 bits per heavy atom. The predicted molar refractivity (Wildman–Crippen MR) is 168 cm³/mol. The van der Waals surface area contributed by atoms with Crippen molar-refractivity contribution in [2.45, 2.75) is 27.4 Å². The van der Waals surface area contributed by atoms with Gasteiger partial charge in [-0.2, -0.15) is 0 Å². The quantitative estimate of drug-likeness (QED) is 0.165. The fourth-order valence-electron chi connectivity index (χ4n) is 4.71. The molecule has 0 aliphatic carbocycles. The number of hydrogen-bond acceptors (Lipinski definition) is 5. The molecular weight excluding hydrogens is 711 g/mol.